The van der Waals surface area contributed by atoms with Crippen molar-refractivity contribution in [1.82, 2.24) is 39.6 Å². The van der Waals surface area contributed by atoms with Crippen LogP contribution in [0.5, 0.6) is 0 Å². The number of halogens is 4. The van der Waals surface area contributed by atoms with Gasteiger partial charge in [0.15, 0.2) is 11.3 Å². The predicted molar refractivity (Wildman–Crippen MR) is 100 cm³/mol. The Morgan fingerprint density at radius 3 is 1.87 bits per heavy atom. The molecule has 0 aromatic carbocycles. The van der Waals surface area contributed by atoms with Crippen LogP contribution in [0.4, 0.5) is 29.2 Å². The highest BCUT2D eigenvalue weighted by atomic mass is 19.3. The van der Waals surface area contributed by atoms with Crippen LogP contribution in [0.15, 0.2) is 24.3 Å². The molecule has 10 nitrogen and oxygen atoms in total. The maximum absolute atomic E-state index is 13.1. The molecule has 0 aliphatic carbocycles. The third-order valence-corrected chi connectivity index (χ3v) is 5.18. The van der Waals surface area contributed by atoms with Gasteiger partial charge in [-0.25, -0.2) is 17.6 Å². The maximum atomic E-state index is 13.1. The molecule has 14 heteroatoms. The second kappa shape index (κ2) is 7.28. The Hall–Kier alpha value is -3.58. The molecule has 5 heterocycles. The zero-order valence-corrected chi connectivity index (χ0v) is 16.1. The fourth-order valence-corrected chi connectivity index (χ4v) is 3.69. The van der Waals surface area contributed by atoms with Crippen molar-refractivity contribution in [3.8, 4) is 0 Å². The van der Waals surface area contributed by atoms with Gasteiger partial charge < -0.3 is 9.80 Å². The van der Waals surface area contributed by atoms with Crippen LogP contribution in [-0.2, 0) is 0 Å². The molecule has 0 spiro atoms. The molecular formula is C17H16F4N10. The first-order chi connectivity index (χ1) is 14.9. The van der Waals surface area contributed by atoms with E-state index in [-0.39, 0.29) is 17.3 Å². The van der Waals surface area contributed by atoms with Crippen LogP contribution in [0.2, 0.25) is 0 Å². The van der Waals surface area contributed by atoms with E-state index in [2.05, 4.69) is 30.6 Å². The van der Waals surface area contributed by atoms with Crippen molar-refractivity contribution in [3.63, 3.8) is 0 Å². The predicted octanol–water partition coefficient (Wildman–Crippen LogP) is 2.15. The van der Waals surface area contributed by atoms with Gasteiger partial charge in [0.25, 0.3) is 12.9 Å². The third kappa shape index (κ3) is 3.27. The number of alkyl halides is 4. The number of nitrogens with zero attached hydrogens (tertiary/aromatic N) is 10. The minimum atomic E-state index is -2.79. The Balaban J connectivity index is 1.39. The topological polar surface area (TPSA) is 92.6 Å². The Kier molecular flexibility index (Phi) is 4.55. The van der Waals surface area contributed by atoms with Gasteiger partial charge in [-0.05, 0) is 31.2 Å². The monoisotopic (exact) mass is 436 g/mol. The lowest BCUT2D eigenvalue weighted by atomic mass is 10.2. The van der Waals surface area contributed by atoms with Crippen molar-refractivity contribution < 1.29 is 17.6 Å². The molecule has 31 heavy (non-hydrogen) atoms. The summed E-state index contributed by atoms with van der Waals surface area (Å²) in [6.45, 7) is 3.53. The maximum Gasteiger partial charge on any atom is 0.299 e. The molecule has 1 aliphatic rings. The van der Waals surface area contributed by atoms with Gasteiger partial charge in [-0.3, -0.25) is 0 Å². The van der Waals surface area contributed by atoms with Crippen LogP contribution in [-0.4, -0.2) is 65.3 Å². The number of hydrogen-bond donors (Lipinski definition) is 0. The van der Waals surface area contributed by atoms with Crippen molar-refractivity contribution >= 4 is 22.9 Å². The third-order valence-electron chi connectivity index (χ3n) is 5.18. The van der Waals surface area contributed by atoms with E-state index in [1.807, 2.05) is 16.7 Å². The summed E-state index contributed by atoms with van der Waals surface area (Å²) in [6.07, 6.45) is -5.57. The number of anilines is 2. The van der Waals surface area contributed by atoms with E-state index in [0.717, 1.165) is 9.03 Å². The van der Waals surface area contributed by atoms with Gasteiger partial charge in [-0.2, -0.15) is 9.03 Å². The number of fused-ring (bicyclic) bond motifs is 2. The summed E-state index contributed by atoms with van der Waals surface area (Å²) in [4.78, 5) is 3.94. The first kappa shape index (κ1) is 19.4. The van der Waals surface area contributed by atoms with Crippen molar-refractivity contribution in [3.05, 3.63) is 35.9 Å². The van der Waals surface area contributed by atoms with Crippen LogP contribution in [0.3, 0.4) is 0 Å². The second-order valence-electron chi connectivity index (χ2n) is 7.13. The summed E-state index contributed by atoms with van der Waals surface area (Å²) in [5.41, 5.74) is 0.485. The number of hydrogen-bond acceptors (Lipinski definition) is 8. The lowest BCUT2D eigenvalue weighted by molar-refractivity contribution is 0.137. The largest absolute Gasteiger partial charge is 0.351 e. The molecule has 1 saturated heterocycles. The van der Waals surface area contributed by atoms with E-state index in [1.165, 1.54) is 0 Å². The van der Waals surface area contributed by atoms with E-state index in [9.17, 15) is 17.6 Å². The Labute approximate surface area is 172 Å². The lowest BCUT2D eigenvalue weighted by Crippen LogP contribution is -2.52. The summed E-state index contributed by atoms with van der Waals surface area (Å²) in [5, 5.41) is 23.0. The number of aromatic nitrogens is 8. The van der Waals surface area contributed by atoms with Gasteiger partial charge >= 0.3 is 0 Å². The second-order valence-corrected chi connectivity index (χ2v) is 7.13. The molecule has 4 aromatic rings. The highest BCUT2D eigenvalue weighted by Crippen LogP contribution is 2.24. The minimum Gasteiger partial charge on any atom is -0.351 e. The fraction of sp³-hybridized carbons (Fsp3) is 0.412. The fourth-order valence-electron chi connectivity index (χ4n) is 3.69. The highest BCUT2D eigenvalue weighted by molar-refractivity contribution is 5.51. The Morgan fingerprint density at radius 2 is 1.32 bits per heavy atom. The van der Waals surface area contributed by atoms with E-state index in [4.69, 9.17) is 0 Å². The van der Waals surface area contributed by atoms with Gasteiger partial charge in [0.1, 0.15) is 11.6 Å². The molecule has 1 fully saturated rings. The molecule has 0 bridgehead atoms. The van der Waals surface area contributed by atoms with Crippen molar-refractivity contribution in [2.45, 2.75) is 25.8 Å². The molecule has 4 aromatic heterocycles. The summed E-state index contributed by atoms with van der Waals surface area (Å²) in [5.74, 6) is 0.0145. The molecule has 1 atom stereocenters. The zero-order chi connectivity index (χ0) is 21.7. The smallest absolute Gasteiger partial charge is 0.299 e. The van der Waals surface area contributed by atoms with E-state index in [1.54, 1.807) is 24.3 Å². The quantitative estimate of drug-likeness (QED) is 0.450. The molecule has 1 aliphatic heterocycles. The van der Waals surface area contributed by atoms with E-state index in [0.29, 0.717) is 31.3 Å². The van der Waals surface area contributed by atoms with Gasteiger partial charge in [0, 0.05) is 25.7 Å². The number of piperazine rings is 1. The van der Waals surface area contributed by atoms with Crippen molar-refractivity contribution in [2.24, 2.45) is 0 Å². The van der Waals surface area contributed by atoms with Crippen LogP contribution in [0, 0.1) is 0 Å². The molecular weight excluding hydrogens is 420 g/mol. The van der Waals surface area contributed by atoms with Crippen molar-refractivity contribution in [2.75, 3.05) is 29.4 Å². The average molecular weight is 436 g/mol. The normalized spacial score (nSPS) is 17.6. The molecule has 0 amide bonds. The standard InChI is InChI=1S/C17H16F4N10/c1-9-8-28(12-4-2-10-22-24-16(14(18)19)30(10)26-12)6-7-29(9)13-5-3-11-23-25-17(15(20)21)31(11)27-13/h2-5,9,14-15H,6-8H2,1H3/t9-/m1/s1. The lowest BCUT2D eigenvalue weighted by Gasteiger charge is -2.40. The summed E-state index contributed by atoms with van der Waals surface area (Å²) < 4.78 is 54.6. The molecule has 0 unspecified atom stereocenters. The van der Waals surface area contributed by atoms with E-state index < -0.39 is 24.5 Å². The summed E-state index contributed by atoms with van der Waals surface area (Å²) in [7, 11) is 0. The van der Waals surface area contributed by atoms with Gasteiger partial charge in [-0.1, -0.05) is 0 Å². The van der Waals surface area contributed by atoms with Crippen LogP contribution >= 0.6 is 0 Å². The summed E-state index contributed by atoms with van der Waals surface area (Å²) >= 11 is 0. The molecule has 0 radical (unpaired) electrons. The Morgan fingerprint density at radius 1 is 0.774 bits per heavy atom. The average Bonchev–Trinajstić information content (AvgIpc) is 3.37. The van der Waals surface area contributed by atoms with Gasteiger partial charge in [0.2, 0.25) is 11.6 Å². The van der Waals surface area contributed by atoms with Gasteiger partial charge in [0.05, 0.1) is 0 Å². The van der Waals surface area contributed by atoms with Crippen LogP contribution in [0.1, 0.15) is 31.4 Å². The highest BCUT2D eigenvalue weighted by Gasteiger charge is 2.27. The first-order valence-corrected chi connectivity index (χ1v) is 9.45. The zero-order valence-electron chi connectivity index (χ0n) is 16.1. The SMILES string of the molecule is C[C@@H]1CN(c2ccc3nnc(C(F)F)n3n2)CCN1c1ccc2nnc(C(F)F)n2n1. The molecule has 0 saturated carbocycles. The molecule has 5 rings (SSSR count). The minimum absolute atomic E-state index is 0.0573. The number of rotatable bonds is 4. The van der Waals surface area contributed by atoms with E-state index >= 15 is 0 Å². The Bertz CT molecular complexity index is 1240. The van der Waals surface area contributed by atoms with Crippen molar-refractivity contribution in [1.29, 1.82) is 0 Å². The van der Waals surface area contributed by atoms with Crippen LogP contribution in [0.25, 0.3) is 11.3 Å². The van der Waals surface area contributed by atoms with Gasteiger partial charge in [-0.15, -0.1) is 30.6 Å². The first-order valence-electron chi connectivity index (χ1n) is 9.45. The van der Waals surface area contributed by atoms with Crippen LogP contribution < -0.4 is 9.80 Å². The molecule has 0 N–H and O–H groups in total. The molecule has 162 valence electrons. The summed E-state index contributed by atoms with van der Waals surface area (Å²) in [6, 6.07) is 6.54.